The van der Waals surface area contributed by atoms with Crippen LogP contribution in [0, 0.1) is 0 Å². The Morgan fingerprint density at radius 3 is 2.48 bits per heavy atom. The smallest absolute Gasteiger partial charge is 0.243 e. The zero-order valence-corrected chi connectivity index (χ0v) is 13.0. The van der Waals surface area contributed by atoms with Gasteiger partial charge in [-0.2, -0.15) is 15.0 Å². The molecule has 1 saturated heterocycles. The third-order valence-corrected chi connectivity index (χ3v) is 3.35. The van der Waals surface area contributed by atoms with E-state index in [0.29, 0.717) is 24.4 Å². The maximum absolute atomic E-state index is 9.93. The van der Waals surface area contributed by atoms with Crippen molar-refractivity contribution in [1.29, 1.82) is 0 Å². The average molecular weight is 295 g/mol. The summed E-state index contributed by atoms with van der Waals surface area (Å²) in [6.45, 7) is 5.81. The first kappa shape index (κ1) is 15.7. The van der Waals surface area contributed by atoms with E-state index in [1.165, 1.54) is 6.42 Å². The van der Waals surface area contributed by atoms with E-state index in [2.05, 4.69) is 25.3 Å². The van der Waals surface area contributed by atoms with Gasteiger partial charge in [0.2, 0.25) is 17.8 Å². The van der Waals surface area contributed by atoms with Crippen LogP contribution >= 0.6 is 0 Å². The molecule has 118 valence electrons. The van der Waals surface area contributed by atoms with Gasteiger partial charge in [0, 0.05) is 26.7 Å². The van der Waals surface area contributed by atoms with Crippen molar-refractivity contribution in [1.82, 2.24) is 15.0 Å². The third kappa shape index (κ3) is 4.40. The lowest BCUT2D eigenvalue weighted by atomic mass is 10.1. The number of likely N-dealkylation sites (N-methyl/N-ethyl adjacent to an activating group) is 1. The topological polar surface area (TPSA) is 103 Å². The lowest BCUT2D eigenvalue weighted by molar-refractivity contribution is 0.0883. The number of nitrogens with one attached hydrogen (secondary N) is 1. The van der Waals surface area contributed by atoms with E-state index in [-0.39, 0.29) is 0 Å². The van der Waals surface area contributed by atoms with Crippen LogP contribution in [-0.2, 0) is 0 Å². The number of aromatic nitrogens is 3. The minimum Gasteiger partial charge on any atom is -0.389 e. The van der Waals surface area contributed by atoms with Crippen molar-refractivity contribution in [2.75, 3.05) is 41.9 Å². The lowest BCUT2D eigenvalue weighted by Gasteiger charge is -2.29. The quantitative estimate of drug-likeness (QED) is 0.528. The Labute approximate surface area is 125 Å². The molecular weight excluding hydrogens is 270 g/mol. The molecule has 0 aromatic carbocycles. The number of nitrogens with two attached hydrogens (primary N) is 1. The maximum atomic E-state index is 9.93. The summed E-state index contributed by atoms with van der Waals surface area (Å²) in [5.41, 5.74) is 1.66. The Morgan fingerprint density at radius 1 is 1.24 bits per heavy atom. The average Bonchev–Trinajstić information content (AvgIpc) is 2.46. The highest BCUT2D eigenvalue weighted by Crippen LogP contribution is 2.20. The predicted octanol–water partition coefficient (Wildman–Crippen LogP) is 0.355. The molecule has 0 saturated carbocycles. The summed E-state index contributed by atoms with van der Waals surface area (Å²) in [5.74, 6) is 6.93. The Bertz CT molecular complexity index is 468. The van der Waals surface area contributed by atoms with Crippen molar-refractivity contribution >= 4 is 17.8 Å². The van der Waals surface area contributed by atoms with Crippen molar-refractivity contribution in [3.8, 4) is 0 Å². The fourth-order valence-electron chi connectivity index (χ4n) is 2.48. The number of nitrogen functional groups attached to an aromatic ring is 1. The molecule has 0 aliphatic carbocycles. The Balaban J connectivity index is 2.24. The molecule has 1 aliphatic heterocycles. The van der Waals surface area contributed by atoms with Crippen LogP contribution in [0.5, 0.6) is 0 Å². The molecule has 1 aromatic rings. The van der Waals surface area contributed by atoms with Crippen molar-refractivity contribution in [2.45, 2.75) is 38.7 Å². The highest BCUT2D eigenvalue weighted by atomic mass is 16.3. The molecule has 1 fully saturated rings. The van der Waals surface area contributed by atoms with E-state index in [1.807, 2.05) is 7.05 Å². The normalized spacial score (nSPS) is 16.0. The highest BCUT2D eigenvalue weighted by Gasteiger charge is 2.21. The van der Waals surface area contributed by atoms with E-state index in [0.717, 1.165) is 25.9 Å². The zero-order chi connectivity index (χ0) is 15.5. The third-order valence-electron chi connectivity index (χ3n) is 3.35. The number of aliphatic hydroxyl groups is 1. The largest absolute Gasteiger partial charge is 0.389 e. The summed E-state index contributed by atoms with van der Waals surface area (Å²) in [6.07, 6.45) is 3.53. The number of piperidine rings is 1. The van der Waals surface area contributed by atoms with Gasteiger partial charge in [0.1, 0.15) is 0 Å². The number of anilines is 3. The van der Waals surface area contributed by atoms with E-state index < -0.39 is 5.60 Å². The van der Waals surface area contributed by atoms with E-state index in [9.17, 15) is 5.11 Å². The first-order valence-electron chi connectivity index (χ1n) is 7.30. The summed E-state index contributed by atoms with van der Waals surface area (Å²) in [5, 5.41) is 9.93. The Morgan fingerprint density at radius 2 is 1.90 bits per heavy atom. The van der Waals surface area contributed by atoms with Crippen molar-refractivity contribution in [3.05, 3.63) is 0 Å². The molecule has 4 N–H and O–H groups in total. The standard InChI is InChI=1S/C13H25N7O/c1-13(2,21)9-19(3)11-15-10(18-14)16-12(17-11)20-7-5-4-6-8-20/h21H,4-9,14H2,1-3H3,(H,15,16,17,18). The molecule has 0 bridgehead atoms. The molecule has 21 heavy (non-hydrogen) atoms. The van der Waals surface area contributed by atoms with Crippen LogP contribution < -0.4 is 21.1 Å². The number of hydrogen-bond donors (Lipinski definition) is 3. The van der Waals surface area contributed by atoms with Crippen LogP contribution in [0.4, 0.5) is 17.8 Å². The predicted molar refractivity (Wildman–Crippen MR) is 83.3 cm³/mol. The second-order valence-corrected chi connectivity index (χ2v) is 6.12. The molecule has 1 aliphatic rings. The first-order valence-corrected chi connectivity index (χ1v) is 7.30. The lowest BCUT2D eigenvalue weighted by Crippen LogP contribution is -2.38. The Kier molecular flexibility index (Phi) is 4.79. The molecule has 0 atom stereocenters. The Hall–Kier alpha value is -1.67. The molecule has 0 unspecified atom stereocenters. The SMILES string of the molecule is CN(CC(C)(C)O)c1nc(NN)nc(N2CCCCC2)n1. The van der Waals surface area contributed by atoms with Gasteiger partial charge in [-0.3, -0.25) is 5.43 Å². The van der Waals surface area contributed by atoms with Gasteiger partial charge >= 0.3 is 0 Å². The van der Waals surface area contributed by atoms with Crippen molar-refractivity contribution in [2.24, 2.45) is 5.84 Å². The molecule has 0 spiro atoms. The highest BCUT2D eigenvalue weighted by molar-refractivity contribution is 5.44. The van der Waals surface area contributed by atoms with Gasteiger partial charge in [0.15, 0.2) is 0 Å². The molecule has 8 nitrogen and oxygen atoms in total. The van der Waals surface area contributed by atoms with Gasteiger partial charge in [-0.25, -0.2) is 5.84 Å². The summed E-state index contributed by atoms with van der Waals surface area (Å²) < 4.78 is 0. The number of hydrogen-bond acceptors (Lipinski definition) is 8. The summed E-state index contributed by atoms with van der Waals surface area (Å²) >= 11 is 0. The molecule has 0 amide bonds. The van der Waals surface area contributed by atoms with Crippen molar-refractivity contribution < 1.29 is 5.11 Å². The summed E-state index contributed by atoms with van der Waals surface area (Å²) in [7, 11) is 1.84. The van der Waals surface area contributed by atoms with Crippen LogP contribution in [0.1, 0.15) is 33.1 Å². The maximum Gasteiger partial charge on any atom is 0.243 e. The molecule has 0 radical (unpaired) electrons. The fraction of sp³-hybridized carbons (Fsp3) is 0.769. The van der Waals surface area contributed by atoms with E-state index in [4.69, 9.17) is 5.84 Å². The zero-order valence-electron chi connectivity index (χ0n) is 13.0. The van der Waals surface area contributed by atoms with Gasteiger partial charge in [-0.1, -0.05) is 0 Å². The van der Waals surface area contributed by atoms with Crippen LogP contribution in [0.2, 0.25) is 0 Å². The molecule has 2 heterocycles. The van der Waals surface area contributed by atoms with Gasteiger partial charge in [-0.15, -0.1) is 0 Å². The van der Waals surface area contributed by atoms with Crippen LogP contribution in [0.3, 0.4) is 0 Å². The monoisotopic (exact) mass is 295 g/mol. The van der Waals surface area contributed by atoms with E-state index >= 15 is 0 Å². The van der Waals surface area contributed by atoms with E-state index in [1.54, 1.807) is 18.7 Å². The van der Waals surface area contributed by atoms with Crippen molar-refractivity contribution in [3.63, 3.8) is 0 Å². The number of hydrazine groups is 1. The molecular formula is C13H25N7O. The van der Waals surface area contributed by atoms with Crippen LogP contribution in [0.15, 0.2) is 0 Å². The second-order valence-electron chi connectivity index (χ2n) is 6.12. The summed E-state index contributed by atoms with van der Waals surface area (Å²) in [6, 6.07) is 0. The number of rotatable bonds is 5. The second kappa shape index (κ2) is 6.40. The molecule has 1 aromatic heterocycles. The van der Waals surface area contributed by atoms with Gasteiger partial charge in [-0.05, 0) is 33.1 Å². The van der Waals surface area contributed by atoms with Gasteiger partial charge in [0.25, 0.3) is 0 Å². The van der Waals surface area contributed by atoms with Gasteiger partial charge < -0.3 is 14.9 Å². The van der Waals surface area contributed by atoms with Crippen LogP contribution in [0.25, 0.3) is 0 Å². The fourth-order valence-corrected chi connectivity index (χ4v) is 2.48. The summed E-state index contributed by atoms with van der Waals surface area (Å²) in [4.78, 5) is 17.1. The minimum atomic E-state index is -0.830. The first-order chi connectivity index (χ1) is 9.89. The molecule has 2 rings (SSSR count). The molecule has 8 heteroatoms. The van der Waals surface area contributed by atoms with Gasteiger partial charge in [0.05, 0.1) is 5.60 Å². The minimum absolute atomic E-state index is 0.336. The number of nitrogens with zero attached hydrogens (tertiary/aromatic N) is 5. The van der Waals surface area contributed by atoms with Crippen LogP contribution in [-0.4, -0.2) is 52.3 Å².